The van der Waals surface area contributed by atoms with Gasteiger partial charge < -0.3 is 10.0 Å². The Bertz CT molecular complexity index is 849. The van der Waals surface area contributed by atoms with Crippen LogP contribution in [-0.4, -0.2) is 57.1 Å². The topological polar surface area (TPSA) is 95.0 Å². The molecule has 0 aromatic heterocycles. The average Bonchev–Trinajstić information content (AvgIpc) is 2.96. The van der Waals surface area contributed by atoms with E-state index in [2.05, 4.69) is 0 Å². The number of rotatable bonds is 5. The molecule has 2 saturated heterocycles. The molecule has 0 unspecified atom stereocenters. The number of aliphatic carboxylic acids is 1. The van der Waals surface area contributed by atoms with Gasteiger partial charge in [0.25, 0.3) is 11.1 Å². The molecule has 7 nitrogen and oxygen atoms in total. The third kappa shape index (κ3) is 4.51. The van der Waals surface area contributed by atoms with Crippen molar-refractivity contribution in [2.24, 2.45) is 0 Å². The quantitative estimate of drug-likeness (QED) is 0.764. The summed E-state index contributed by atoms with van der Waals surface area (Å²) in [6.45, 7) is -0.115. The van der Waals surface area contributed by atoms with Crippen LogP contribution in [-0.2, 0) is 14.4 Å². The van der Waals surface area contributed by atoms with Crippen molar-refractivity contribution in [2.75, 3.05) is 13.1 Å². The summed E-state index contributed by atoms with van der Waals surface area (Å²) in [5.41, 5.74) is 0.956. The zero-order chi connectivity index (χ0) is 20.1. The molecule has 28 heavy (non-hydrogen) atoms. The number of carbonyl (C=O) groups excluding carboxylic acids is 3. The van der Waals surface area contributed by atoms with Crippen LogP contribution in [0.5, 0.6) is 0 Å². The van der Waals surface area contributed by atoms with Gasteiger partial charge in [-0.3, -0.25) is 19.3 Å². The van der Waals surface area contributed by atoms with Crippen LogP contribution >= 0.6 is 11.8 Å². The van der Waals surface area contributed by atoms with Crippen molar-refractivity contribution < 1.29 is 24.3 Å². The van der Waals surface area contributed by atoms with Gasteiger partial charge in [-0.2, -0.15) is 0 Å². The van der Waals surface area contributed by atoms with Crippen molar-refractivity contribution in [3.8, 4) is 0 Å². The highest BCUT2D eigenvalue weighted by atomic mass is 32.2. The normalized spacial score (nSPS) is 21.7. The standard InChI is InChI=1S/C20H20N2O5S/c23-17(21-12-5-4-10-15(21)19(25)26)13-22-18(24)16(28-20(22)27)11-6-9-14-7-2-1-3-8-14/h1-3,6-9,11,15H,4-5,10,12-13H2,(H,25,26)/b9-6+,16-11-/t15-/m1/s1. The molecule has 2 heterocycles. The number of imide groups is 1. The summed E-state index contributed by atoms with van der Waals surface area (Å²) < 4.78 is 0. The molecule has 1 aromatic carbocycles. The Kier molecular flexibility index (Phi) is 6.30. The van der Waals surface area contributed by atoms with Gasteiger partial charge >= 0.3 is 5.97 Å². The van der Waals surface area contributed by atoms with Crippen LogP contribution in [0, 0.1) is 0 Å². The van der Waals surface area contributed by atoms with Crippen molar-refractivity contribution in [1.82, 2.24) is 9.80 Å². The van der Waals surface area contributed by atoms with Crippen LogP contribution in [0.2, 0.25) is 0 Å². The lowest BCUT2D eigenvalue weighted by atomic mass is 10.0. The smallest absolute Gasteiger partial charge is 0.326 e. The summed E-state index contributed by atoms with van der Waals surface area (Å²) in [6.07, 6.45) is 6.86. The number of piperidine rings is 1. The van der Waals surface area contributed by atoms with Crippen molar-refractivity contribution in [1.29, 1.82) is 0 Å². The Morgan fingerprint density at radius 1 is 1.18 bits per heavy atom. The van der Waals surface area contributed by atoms with E-state index < -0.39 is 35.6 Å². The SMILES string of the molecule is O=C(O)[C@H]1CCCCN1C(=O)CN1C(=O)S/C(=C\C=C\c2ccccc2)C1=O. The fourth-order valence-corrected chi connectivity index (χ4v) is 3.96. The minimum absolute atomic E-state index is 0.235. The van der Waals surface area contributed by atoms with E-state index in [0.29, 0.717) is 19.4 Å². The number of hydrogen-bond acceptors (Lipinski definition) is 5. The summed E-state index contributed by atoms with van der Waals surface area (Å²) in [4.78, 5) is 50.9. The minimum Gasteiger partial charge on any atom is -0.480 e. The van der Waals surface area contributed by atoms with Gasteiger partial charge in [-0.25, -0.2) is 4.79 Å². The lowest BCUT2D eigenvalue weighted by molar-refractivity contribution is -0.152. The Morgan fingerprint density at radius 3 is 2.64 bits per heavy atom. The van der Waals surface area contributed by atoms with Gasteiger partial charge in [0.1, 0.15) is 12.6 Å². The Morgan fingerprint density at radius 2 is 1.93 bits per heavy atom. The molecule has 146 valence electrons. The second-order valence-corrected chi connectivity index (χ2v) is 7.49. The van der Waals surface area contributed by atoms with Gasteiger partial charge in [-0.1, -0.05) is 42.5 Å². The number of carboxylic acid groups (broad SMARTS) is 1. The molecule has 0 bridgehead atoms. The number of thioether (sulfide) groups is 1. The number of allylic oxidation sites excluding steroid dienone is 2. The molecular weight excluding hydrogens is 380 g/mol. The molecule has 8 heteroatoms. The first kappa shape index (κ1) is 19.9. The maximum absolute atomic E-state index is 12.5. The highest BCUT2D eigenvalue weighted by Crippen LogP contribution is 2.31. The largest absolute Gasteiger partial charge is 0.480 e. The van der Waals surface area contributed by atoms with Gasteiger partial charge in [0.15, 0.2) is 0 Å². The lowest BCUT2D eigenvalue weighted by Crippen LogP contribution is -2.51. The molecule has 1 N–H and O–H groups in total. The molecule has 1 aromatic rings. The number of carboxylic acids is 1. The van der Waals surface area contributed by atoms with E-state index in [9.17, 15) is 24.3 Å². The average molecular weight is 400 g/mol. The maximum Gasteiger partial charge on any atom is 0.326 e. The van der Waals surface area contributed by atoms with Crippen molar-refractivity contribution >= 4 is 40.9 Å². The Hall–Kier alpha value is -2.87. The van der Waals surface area contributed by atoms with Crippen molar-refractivity contribution in [3.05, 3.63) is 53.0 Å². The summed E-state index contributed by atoms with van der Waals surface area (Å²) in [6, 6.07) is 8.61. The van der Waals surface area contributed by atoms with Gasteiger partial charge in [0, 0.05) is 6.54 Å². The van der Waals surface area contributed by atoms with E-state index in [1.54, 1.807) is 12.2 Å². The van der Waals surface area contributed by atoms with Crippen LogP contribution in [0.15, 0.2) is 47.4 Å². The van der Waals surface area contributed by atoms with Crippen LogP contribution in [0.1, 0.15) is 24.8 Å². The fourth-order valence-electron chi connectivity index (χ4n) is 3.17. The summed E-state index contributed by atoms with van der Waals surface area (Å²) in [5, 5.41) is 8.77. The molecule has 2 fully saturated rings. The van der Waals surface area contributed by atoms with E-state index in [-0.39, 0.29) is 4.91 Å². The molecule has 1 atom stereocenters. The van der Waals surface area contributed by atoms with E-state index in [0.717, 1.165) is 28.6 Å². The highest BCUT2D eigenvalue weighted by molar-refractivity contribution is 8.18. The first-order chi connectivity index (χ1) is 13.5. The molecule has 0 aliphatic carbocycles. The predicted molar refractivity (Wildman–Crippen MR) is 105 cm³/mol. The number of nitrogens with zero attached hydrogens (tertiary/aromatic N) is 2. The summed E-state index contributed by atoms with van der Waals surface area (Å²) in [5.74, 6) is -2.12. The molecule has 3 amide bonds. The van der Waals surface area contributed by atoms with Gasteiger partial charge in [0.05, 0.1) is 4.91 Å². The van der Waals surface area contributed by atoms with Gasteiger partial charge in [0.2, 0.25) is 5.91 Å². The van der Waals surface area contributed by atoms with Gasteiger partial charge in [-0.05, 0) is 42.7 Å². The Labute approximate surface area is 166 Å². The zero-order valence-electron chi connectivity index (χ0n) is 15.1. The maximum atomic E-state index is 12.5. The first-order valence-corrected chi connectivity index (χ1v) is 9.78. The van der Waals surface area contributed by atoms with Crippen LogP contribution < -0.4 is 0 Å². The van der Waals surface area contributed by atoms with Crippen LogP contribution in [0.25, 0.3) is 6.08 Å². The molecule has 0 radical (unpaired) electrons. The molecule has 3 rings (SSSR count). The third-order valence-electron chi connectivity index (χ3n) is 4.61. The Balaban J connectivity index is 1.66. The van der Waals surface area contributed by atoms with E-state index in [1.165, 1.54) is 4.90 Å². The van der Waals surface area contributed by atoms with Crippen molar-refractivity contribution in [2.45, 2.75) is 25.3 Å². The van der Waals surface area contributed by atoms with E-state index >= 15 is 0 Å². The minimum atomic E-state index is -1.06. The van der Waals surface area contributed by atoms with Crippen molar-refractivity contribution in [3.63, 3.8) is 0 Å². The molecule has 0 saturated carbocycles. The van der Waals surface area contributed by atoms with Crippen LogP contribution in [0.4, 0.5) is 4.79 Å². The second kappa shape index (κ2) is 8.88. The number of carbonyl (C=O) groups is 4. The summed E-state index contributed by atoms with van der Waals surface area (Å²) in [7, 11) is 0. The number of hydrogen-bond donors (Lipinski definition) is 1. The fraction of sp³-hybridized carbons (Fsp3) is 0.300. The van der Waals surface area contributed by atoms with E-state index in [1.807, 2.05) is 36.4 Å². The third-order valence-corrected chi connectivity index (χ3v) is 5.54. The molecular formula is C20H20N2O5S. The monoisotopic (exact) mass is 400 g/mol. The number of likely N-dealkylation sites (tertiary alicyclic amines) is 1. The molecule has 2 aliphatic rings. The first-order valence-electron chi connectivity index (χ1n) is 8.97. The predicted octanol–water partition coefficient (Wildman–Crippen LogP) is 2.74. The highest BCUT2D eigenvalue weighted by Gasteiger charge is 2.39. The summed E-state index contributed by atoms with van der Waals surface area (Å²) >= 11 is 0.773. The second-order valence-electron chi connectivity index (χ2n) is 6.50. The number of amides is 3. The lowest BCUT2D eigenvalue weighted by Gasteiger charge is -2.33. The van der Waals surface area contributed by atoms with E-state index in [4.69, 9.17) is 0 Å². The molecule has 2 aliphatic heterocycles. The van der Waals surface area contributed by atoms with Crippen LogP contribution in [0.3, 0.4) is 0 Å². The van der Waals surface area contributed by atoms with Gasteiger partial charge in [-0.15, -0.1) is 0 Å². The zero-order valence-corrected chi connectivity index (χ0v) is 15.9. The molecule has 0 spiro atoms. The number of benzene rings is 1.